The Balaban J connectivity index is 4.27. The SMILES string of the molecule is CCCCCCCCCCCCCCCCCCC(=O)O[C@@H](COC(=O)CCCCCCCCCCCCCCC(C)C)COC(=O)CCCCCCCCC(C)C. The van der Waals surface area contributed by atoms with Crippen molar-refractivity contribution in [1.82, 2.24) is 0 Å². The molecule has 0 rings (SSSR count). The van der Waals surface area contributed by atoms with Crippen molar-refractivity contribution in [2.75, 3.05) is 13.2 Å². The molecule has 0 spiro atoms. The van der Waals surface area contributed by atoms with Gasteiger partial charge in [-0.05, 0) is 31.1 Å². The van der Waals surface area contributed by atoms with Gasteiger partial charge in [-0.25, -0.2) is 0 Å². The zero-order chi connectivity index (χ0) is 42.6. The molecule has 0 aliphatic heterocycles. The third-order valence-electron chi connectivity index (χ3n) is 11.7. The van der Waals surface area contributed by atoms with E-state index < -0.39 is 6.10 Å². The molecule has 0 aromatic carbocycles. The Hall–Kier alpha value is -1.59. The van der Waals surface area contributed by atoms with E-state index in [2.05, 4.69) is 34.6 Å². The summed E-state index contributed by atoms with van der Waals surface area (Å²) in [7, 11) is 0. The van der Waals surface area contributed by atoms with Gasteiger partial charge in [0.05, 0.1) is 0 Å². The number of carbonyl (C=O) groups excluding carboxylic acids is 3. The summed E-state index contributed by atoms with van der Waals surface area (Å²) in [4.78, 5) is 37.9. The van der Waals surface area contributed by atoms with Crippen LogP contribution in [0, 0.1) is 11.8 Å². The average molecular weight is 821 g/mol. The molecule has 0 fully saturated rings. The van der Waals surface area contributed by atoms with Gasteiger partial charge in [-0.3, -0.25) is 14.4 Å². The number of rotatable bonds is 46. The summed E-state index contributed by atoms with van der Waals surface area (Å²) in [5, 5.41) is 0. The van der Waals surface area contributed by atoms with Crippen LogP contribution in [0.5, 0.6) is 0 Å². The maximum absolute atomic E-state index is 12.8. The van der Waals surface area contributed by atoms with E-state index >= 15 is 0 Å². The molecular weight excluding hydrogens is 721 g/mol. The minimum absolute atomic E-state index is 0.0646. The first-order chi connectivity index (χ1) is 28.2. The Bertz CT molecular complexity index is 885. The van der Waals surface area contributed by atoms with Gasteiger partial charge in [-0.2, -0.15) is 0 Å². The standard InChI is InChI=1S/C52H100O6/c1-6-7-8-9-10-11-12-13-14-15-16-21-24-27-34-39-44-52(55)58-49(46-57-51(54)43-38-33-29-28-31-36-41-48(4)5)45-56-50(53)42-37-32-26-23-20-18-17-19-22-25-30-35-40-47(2)3/h47-49H,6-46H2,1-5H3/t49-/m0/s1. The van der Waals surface area contributed by atoms with Crippen LogP contribution >= 0.6 is 0 Å². The lowest BCUT2D eigenvalue weighted by Gasteiger charge is -2.18. The van der Waals surface area contributed by atoms with E-state index in [4.69, 9.17) is 14.2 Å². The number of hydrogen-bond acceptors (Lipinski definition) is 6. The van der Waals surface area contributed by atoms with E-state index in [1.807, 2.05) is 0 Å². The highest BCUT2D eigenvalue weighted by atomic mass is 16.6. The summed E-state index contributed by atoms with van der Waals surface area (Å²) in [6.07, 6.45) is 45.3. The predicted octanol–water partition coefficient (Wildman–Crippen LogP) is 16.5. The molecule has 0 amide bonds. The van der Waals surface area contributed by atoms with Crippen molar-refractivity contribution in [3.05, 3.63) is 0 Å². The number of hydrogen-bond donors (Lipinski definition) is 0. The number of unbranched alkanes of at least 4 members (excludes halogenated alkanes) is 31. The fraction of sp³-hybridized carbons (Fsp3) is 0.942. The molecular formula is C52H100O6. The van der Waals surface area contributed by atoms with Crippen LogP contribution in [0.4, 0.5) is 0 Å². The molecule has 0 aromatic rings. The molecule has 0 unspecified atom stereocenters. The Morgan fingerprint density at radius 3 is 0.845 bits per heavy atom. The molecule has 1 atom stereocenters. The fourth-order valence-corrected chi connectivity index (χ4v) is 7.81. The molecule has 58 heavy (non-hydrogen) atoms. The second-order valence-corrected chi connectivity index (χ2v) is 18.8. The topological polar surface area (TPSA) is 78.9 Å². The van der Waals surface area contributed by atoms with Crippen LogP contribution < -0.4 is 0 Å². The normalized spacial score (nSPS) is 12.1. The molecule has 0 saturated carbocycles. The second kappa shape index (κ2) is 44.9. The minimum atomic E-state index is -0.762. The lowest BCUT2D eigenvalue weighted by molar-refractivity contribution is -0.167. The van der Waals surface area contributed by atoms with Gasteiger partial charge in [0.2, 0.25) is 0 Å². The summed E-state index contributed by atoms with van der Waals surface area (Å²) in [6.45, 7) is 11.3. The van der Waals surface area contributed by atoms with Crippen LogP contribution in [0.25, 0.3) is 0 Å². The van der Waals surface area contributed by atoms with Gasteiger partial charge in [0, 0.05) is 19.3 Å². The predicted molar refractivity (Wildman–Crippen MR) is 247 cm³/mol. The lowest BCUT2D eigenvalue weighted by atomic mass is 10.0. The van der Waals surface area contributed by atoms with Crippen molar-refractivity contribution in [1.29, 1.82) is 0 Å². The Kier molecular flexibility index (Phi) is 43.7. The molecule has 0 aliphatic carbocycles. The van der Waals surface area contributed by atoms with Gasteiger partial charge in [-0.15, -0.1) is 0 Å². The van der Waals surface area contributed by atoms with E-state index in [0.717, 1.165) is 69.6 Å². The molecule has 344 valence electrons. The van der Waals surface area contributed by atoms with Crippen LogP contribution in [0.1, 0.15) is 285 Å². The largest absolute Gasteiger partial charge is 0.462 e. The summed E-state index contributed by atoms with van der Waals surface area (Å²) in [6, 6.07) is 0. The first-order valence-corrected chi connectivity index (χ1v) is 25.7. The van der Waals surface area contributed by atoms with Crippen LogP contribution in [0.2, 0.25) is 0 Å². The quantitative estimate of drug-likeness (QED) is 0.0346. The average Bonchev–Trinajstić information content (AvgIpc) is 3.19. The first kappa shape index (κ1) is 56.4. The molecule has 6 heteroatoms. The van der Waals surface area contributed by atoms with E-state index in [-0.39, 0.29) is 31.1 Å². The molecule has 0 aromatic heterocycles. The van der Waals surface area contributed by atoms with Gasteiger partial charge in [0.25, 0.3) is 0 Å². The van der Waals surface area contributed by atoms with Crippen LogP contribution in [-0.4, -0.2) is 37.2 Å². The highest BCUT2D eigenvalue weighted by Crippen LogP contribution is 2.17. The van der Waals surface area contributed by atoms with Crippen LogP contribution in [0.15, 0.2) is 0 Å². The van der Waals surface area contributed by atoms with Gasteiger partial charge >= 0.3 is 17.9 Å². The van der Waals surface area contributed by atoms with Gasteiger partial charge in [0.1, 0.15) is 13.2 Å². The summed E-state index contributed by atoms with van der Waals surface area (Å²) < 4.78 is 16.8. The van der Waals surface area contributed by atoms with Crippen molar-refractivity contribution < 1.29 is 28.6 Å². The van der Waals surface area contributed by atoms with E-state index in [0.29, 0.717) is 19.3 Å². The molecule has 0 saturated heterocycles. The third kappa shape index (κ3) is 45.5. The molecule has 0 heterocycles. The van der Waals surface area contributed by atoms with Crippen molar-refractivity contribution in [2.45, 2.75) is 291 Å². The Morgan fingerprint density at radius 1 is 0.328 bits per heavy atom. The third-order valence-corrected chi connectivity index (χ3v) is 11.7. The van der Waals surface area contributed by atoms with Crippen molar-refractivity contribution in [3.63, 3.8) is 0 Å². The monoisotopic (exact) mass is 821 g/mol. The summed E-state index contributed by atoms with van der Waals surface area (Å²) in [5.41, 5.74) is 0. The first-order valence-electron chi connectivity index (χ1n) is 25.7. The Labute approximate surface area is 361 Å². The highest BCUT2D eigenvalue weighted by Gasteiger charge is 2.19. The lowest BCUT2D eigenvalue weighted by Crippen LogP contribution is -2.30. The van der Waals surface area contributed by atoms with Crippen LogP contribution in [0.3, 0.4) is 0 Å². The number of ether oxygens (including phenoxy) is 3. The smallest absolute Gasteiger partial charge is 0.306 e. The van der Waals surface area contributed by atoms with E-state index in [1.54, 1.807) is 0 Å². The van der Waals surface area contributed by atoms with Gasteiger partial charge in [0.15, 0.2) is 6.10 Å². The van der Waals surface area contributed by atoms with Gasteiger partial charge in [-0.1, -0.05) is 247 Å². The van der Waals surface area contributed by atoms with Crippen LogP contribution in [-0.2, 0) is 28.6 Å². The zero-order valence-electron chi connectivity index (χ0n) is 39.7. The highest BCUT2D eigenvalue weighted by molar-refractivity contribution is 5.71. The maximum atomic E-state index is 12.8. The minimum Gasteiger partial charge on any atom is -0.462 e. The van der Waals surface area contributed by atoms with Crippen molar-refractivity contribution >= 4 is 17.9 Å². The zero-order valence-corrected chi connectivity index (χ0v) is 39.7. The second-order valence-electron chi connectivity index (χ2n) is 18.8. The summed E-state index contributed by atoms with van der Waals surface area (Å²) in [5.74, 6) is 0.744. The number of carbonyl (C=O) groups is 3. The summed E-state index contributed by atoms with van der Waals surface area (Å²) >= 11 is 0. The molecule has 0 radical (unpaired) electrons. The van der Waals surface area contributed by atoms with Crippen molar-refractivity contribution in [2.24, 2.45) is 11.8 Å². The van der Waals surface area contributed by atoms with Gasteiger partial charge < -0.3 is 14.2 Å². The van der Waals surface area contributed by atoms with E-state index in [1.165, 1.54) is 173 Å². The van der Waals surface area contributed by atoms with Crippen molar-refractivity contribution in [3.8, 4) is 0 Å². The molecule has 0 N–H and O–H groups in total. The fourth-order valence-electron chi connectivity index (χ4n) is 7.81. The molecule has 6 nitrogen and oxygen atoms in total. The van der Waals surface area contributed by atoms with E-state index in [9.17, 15) is 14.4 Å². The maximum Gasteiger partial charge on any atom is 0.306 e. The molecule has 0 aliphatic rings. The Morgan fingerprint density at radius 2 is 0.569 bits per heavy atom. The number of esters is 3. The molecule has 0 bridgehead atoms.